The monoisotopic (exact) mass is 677 g/mol. The van der Waals surface area contributed by atoms with Crippen molar-refractivity contribution in [1.29, 1.82) is 0 Å². The Labute approximate surface area is 294 Å². The molecule has 4 aromatic heterocycles. The summed E-state index contributed by atoms with van der Waals surface area (Å²) in [6.45, 7) is 0. The van der Waals surface area contributed by atoms with Gasteiger partial charge in [-0.2, -0.15) is 4.98 Å². The van der Waals surface area contributed by atoms with Crippen molar-refractivity contribution in [2.45, 2.75) is 0 Å². The molecule has 0 N–H and O–H groups in total. The molecule has 0 aliphatic heterocycles. The number of fused-ring (bicyclic) bond motifs is 13. The Balaban J connectivity index is 1.40. The first-order valence-electron chi connectivity index (χ1n) is 16.5. The maximum atomic E-state index is 6.81. The Morgan fingerprint density at radius 2 is 1.24 bits per heavy atom. The van der Waals surface area contributed by atoms with Crippen LogP contribution >= 0.6 is 22.9 Å². The van der Waals surface area contributed by atoms with Gasteiger partial charge in [-0.05, 0) is 63.5 Å². The second-order valence-electron chi connectivity index (χ2n) is 12.6. The molecule has 0 saturated heterocycles. The number of nitrogens with zero attached hydrogens (tertiary/aromatic N) is 3. The van der Waals surface area contributed by atoms with E-state index in [1.54, 1.807) is 0 Å². The number of rotatable bonds is 3. The van der Waals surface area contributed by atoms with Crippen LogP contribution in [0.4, 0.5) is 0 Å². The Morgan fingerprint density at radius 3 is 2.06 bits per heavy atom. The average molecular weight is 678 g/mol. The first-order valence-corrected chi connectivity index (χ1v) is 17.7. The van der Waals surface area contributed by atoms with Gasteiger partial charge in [0.1, 0.15) is 11.1 Å². The van der Waals surface area contributed by atoms with Crippen LogP contribution in [-0.4, -0.2) is 14.5 Å². The van der Waals surface area contributed by atoms with Gasteiger partial charge in [-0.3, -0.25) is 4.57 Å². The zero-order valence-electron chi connectivity index (χ0n) is 26.4. The lowest BCUT2D eigenvalue weighted by atomic mass is 9.97. The van der Waals surface area contributed by atoms with Crippen molar-refractivity contribution in [1.82, 2.24) is 14.5 Å². The molecule has 0 unspecified atom stereocenters. The topological polar surface area (TPSA) is 43.9 Å². The Bertz CT molecular complexity index is 3160. The lowest BCUT2D eigenvalue weighted by molar-refractivity contribution is 0.662. The lowest BCUT2D eigenvalue weighted by Gasteiger charge is -2.10. The second-order valence-corrected chi connectivity index (χ2v) is 14.0. The van der Waals surface area contributed by atoms with Crippen LogP contribution in [0.25, 0.3) is 103 Å². The van der Waals surface area contributed by atoms with Gasteiger partial charge in [-0.1, -0.05) is 121 Å². The van der Waals surface area contributed by atoms with Crippen LogP contribution in [0.5, 0.6) is 0 Å². The number of thiophene rings is 1. The molecule has 11 rings (SSSR count). The van der Waals surface area contributed by atoms with Gasteiger partial charge in [0.05, 0.1) is 11.0 Å². The Kier molecular flexibility index (Phi) is 5.85. The average Bonchev–Trinajstić information content (AvgIpc) is 3.85. The standard InChI is InChI=1S/C44H24ClN3OS/c45-44-46-38-31-18-9-10-21-35(31)49-40(38)43(47-44)48-34-23-22-27(25-12-3-1-4-13-25)24-33(34)36-29-16-7-8-17-30(29)42-37(39(36)48)32-20-11-19-28(41(32)50-42)26-14-5-2-6-15-26/h1-24H. The zero-order valence-corrected chi connectivity index (χ0v) is 28.0. The van der Waals surface area contributed by atoms with E-state index in [1.165, 1.54) is 53.0 Å². The molecular formula is C44H24ClN3OS. The second kappa shape index (κ2) is 10.5. The SMILES string of the molecule is Clc1nc(-n2c3ccc(-c4ccccc4)cc3c3c4ccccc4c4sc5c(-c6ccccc6)cccc5c4c32)c2oc3ccccc3c2n1. The van der Waals surface area contributed by atoms with Gasteiger partial charge in [-0.15, -0.1) is 11.3 Å². The first-order chi connectivity index (χ1) is 24.7. The summed E-state index contributed by atoms with van der Waals surface area (Å²) in [7, 11) is 0. The van der Waals surface area contributed by atoms with E-state index in [0.29, 0.717) is 16.9 Å². The number of aromatic nitrogens is 3. The van der Waals surface area contributed by atoms with E-state index < -0.39 is 0 Å². The molecule has 4 heterocycles. The number of para-hydroxylation sites is 1. The molecule has 234 valence electrons. The largest absolute Gasteiger partial charge is 0.450 e. The minimum absolute atomic E-state index is 0.175. The molecule has 0 aliphatic rings. The highest BCUT2D eigenvalue weighted by Crippen LogP contribution is 2.50. The van der Waals surface area contributed by atoms with E-state index in [9.17, 15) is 0 Å². The minimum Gasteiger partial charge on any atom is -0.450 e. The van der Waals surface area contributed by atoms with E-state index in [1.807, 2.05) is 35.6 Å². The summed E-state index contributed by atoms with van der Waals surface area (Å²) >= 11 is 8.66. The summed E-state index contributed by atoms with van der Waals surface area (Å²) in [5, 5.41) is 8.20. The van der Waals surface area contributed by atoms with Crippen molar-refractivity contribution in [3.63, 3.8) is 0 Å². The van der Waals surface area contributed by atoms with Gasteiger partial charge in [0.15, 0.2) is 11.4 Å². The highest BCUT2D eigenvalue weighted by molar-refractivity contribution is 7.27. The van der Waals surface area contributed by atoms with Crippen LogP contribution in [0.1, 0.15) is 0 Å². The van der Waals surface area contributed by atoms with Crippen LogP contribution in [0, 0.1) is 0 Å². The summed E-state index contributed by atoms with van der Waals surface area (Å²) in [5.41, 5.74) is 8.88. The Hall–Kier alpha value is -6.01. The van der Waals surface area contributed by atoms with Gasteiger partial charge in [0.25, 0.3) is 0 Å². The van der Waals surface area contributed by atoms with E-state index >= 15 is 0 Å². The summed E-state index contributed by atoms with van der Waals surface area (Å²) in [4.78, 5) is 9.66. The zero-order chi connectivity index (χ0) is 32.9. The van der Waals surface area contributed by atoms with E-state index in [-0.39, 0.29) is 5.28 Å². The summed E-state index contributed by atoms with van der Waals surface area (Å²) in [5.74, 6) is 0.624. The molecule has 0 amide bonds. The highest BCUT2D eigenvalue weighted by Gasteiger charge is 2.26. The van der Waals surface area contributed by atoms with E-state index in [0.717, 1.165) is 33.0 Å². The third-order valence-corrected chi connectivity index (χ3v) is 11.4. The quantitative estimate of drug-likeness (QED) is 0.175. The molecule has 0 fully saturated rings. The van der Waals surface area contributed by atoms with Gasteiger partial charge in [0.2, 0.25) is 5.28 Å². The fraction of sp³-hybridized carbons (Fsp3) is 0. The van der Waals surface area contributed by atoms with Gasteiger partial charge in [-0.25, -0.2) is 4.98 Å². The molecule has 4 nitrogen and oxygen atoms in total. The van der Waals surface area contributed by atoms with Crippen LogP contribution < -0.4 is 0 Å². The first kappa shape index (κ1) is 27.9. The van der Waals surface area contributed by atoms with Crippen molar-refractivity contribution >= 4 is 97.8 Å². The molecule has 7 aromatic carbocycles. The van der Waals surface area contributed by atoms with Crippen LogP contribution in [0.2, 0.25) is 5.28 Å². The number of furan rings is 1. The Morgan fingerprint density at radius 1 is 0.540 bits per heavy atom. The summed E-state index contributed by atoms with van der Waals surface area (Å²) < 4.78 is 11.4. The van der Waals surface area contributed by atoms with Crippen molar-refractivity contribution in [2.24, 2.45) is 0 Å². The van der Waals surface area contributed by atoms with Crippen LogP contribution in [0.3, 0.4) is 0 Å². The van der Waals surface area contributed by atoms with Crippen molar-refractivity contribution < 1.29 is 4.42 Å². The lowest BCUT2D eigenvalue weighted by Crippen LogP contribution is -2.00. The third kappa shape index (κ3) is 3.87. The maximum absolute atomic E-state index is 6.81. The number of hydrogen-bond donors (Lipinski definition) is 0. The summed E-state index contributed by atoms with van der Waals surface area (Å²) in [6.07, 6.45) is 0. The maximum Gasteiger partial charge on any atom is 0.225 e. The molecule has 50 heavy (non-hydrogen) atoms. The molecular weight excluding hydrogens is 654 g/mol. The molecule has 0 atom stereocenters. The van der Waals surface area contributed by atoms with Crippen molar-refractivity contribution in [3.8, 4) is 28.1 Å². The van der Waals surface area contributed by atoms with Crippen LogP contribution in [0.15, 0.2) is 150 Å². The fourth-order valence-corrected chi connectivity index (χ4v) is 9.36. The van der Waals surface area contributed by atoms with Gasteiger partial charge < -0.3 is 4.42 Å². The summed E-state index contributed by atoms with van der Waals surface area (Å²) in [6, 6.07) is 51.4. The molecule has 6 heteroatoms. The van der Waals surface area contributed by atoms with E-state index in [2.05, 4.69) is 126 Å². The third-order valence-electron chi connectivity index (χ3n) is 9.94. The van der Waals surface area contributed by atoms with Crippen LogP contribution in [-0.2, 0) is 0 Å². The molecule has 0 bridgehead atoms. The van der Waals surface area contributed by atoms with Crippen molar-refractivity contribution in [2.75, 3.05) is 0 Å². The number of benzene rings is 7. The minimum atomic E-state index is 0.175. The normalized spacial score (nSPS) is 12.1. The van der Waals surface area contributed by atoms with Gasteiger partial charge in [0, 0.05) is 41.7 Å². The highest BCUT2D eigenvalue weighted by atomic mass is 35.5. The van der Waals surface area contributed by atoms with Crippen molar-refractivity contribution in [3.05, 3.63) is 151 Å². The number of hydrogen-bond acceptors (Lipinski definition) is 4. The van der Waals surface area contributed by atoms with E-state index in [4.69, 9.17) is 26.0 Å². The molecule has 11 aromatic rings. The molecule has 0 aliphatic carbocycles. The molecule has 0 radical (unpaired) electrons. The predicted molar refractivity (Wildman–Crippen MR) is 210 cm³/mol. The van der Waals surface area contributed by atoms with Gasteiger partial charge >= 0.3 is 0 Å². The molecule has 0 saturated carbocycles. The fourth-order valence-electron chi connectivity index (χ4n) is 7.82. The number of halogens is 1. The molecule has 0 spiro atoms. The smallest absolute Gasteiger partial charge is 0.225 e. The predicted octanol–water partition coefficient (Wildman–Crippen LogP) is 13.0.